The number of aliphatic hydroxyl groups is 1. The maximum absolute atomic E-state index is 12.4. The number of pyridine rings is 1. The summed E-state index contributed by atoms with van der Waals surface area (Å²) in [5.74, 6) is 0. The SMILES string of the molecule is NCc1cc(Br)c(C(F)F)nc1CO. The second-order valence-electron chi connectivity index (χ2n) is 2.62. The molecule has 78 valence electrons. The first-order chi connectivity index (χ1) is 6.60. The lowest BCUT2D eigenvalue weighted by Crippen LogP contribution is -2.07. The molecule has 6 heteroatoms. The van der Waals surface area contributed by atoms with Crippen LogP contribution < -0.4 is 5.73 Å². The number of aliphatic hydroxyl groups excluding tert-OH is 1. The van der Waals surface area contributed by atoms with Crippen LogP contribution >= 0.6 is 15.9 Å². The molecule has 0 amide bonds. The summed E-state index contributed by atoms with van der Waals surface area (Å²) >= 11 is 2.97. The van der Waals surface area contributed by atoms with E-state index in [1.165, 1.54) is 6.07 Å². The molecule has 0 aromatic carbocycles. The van der Waals surface area contributed by atoms with Crippen molar-refractivity contribution in [2.45, 2.75) is 19.6 Å². The highest BCUT2D eigenvalue weighted by Crippen LogP contribution is 2.27. The lowest BCUT2D eigenvalue weighted by atomic mass is 10.2. The van der Waals surface area contributed by atoms with Crippen molar-refractivity contribution in [2.24, 2.45) is 5.73 Å². The first-order valence-electron chi connectivity index (χ1n) is 3.87. The van der Waals surface area contributed by atoms with Crippen LogP contribution in [0.2, 0.25) is 0 Å². The number of alkyl halides is 2. The molecule has 1 aromatic rings. The van der Waals surface area contributed by atoms with Crippen molar-refractivity contribution < 1.29 is 13.9 Å². The van der Waals surface area contributed by atoms with E-state index < -0.39 is 6.43 Å². The van der Waals surface area contributed by atoms with Crippen LogP contribution in [0.5, 0.6) is 0 Å². The molecule has 1 rings (SSSR count). The zero-order chi connectivity index (χ0) is 10.7. The minimum Gasteiger partial charge on any atom is -0.390 e. The van der Waals surface area contributed by atoms with Crippen molar-refractivity contribution >= 4 is 15.9 Å². The highest BCUT2D eigenvalue weighted by atomic mass is 79.9. The zero-order valence-electron chi connectivity index (χ0n) is 7.17. The van der Waals surface area contributed by atoms with Crippen molar-refractivity contribution in [3.8, 4) is 0 Å². The maximum atomic E-state index is 12.4. The van der Waals surface area contributed by atoms with Gasteiger partial charge in [-0.3, -0.25) is 0 Å². The van der Waals surface area contributed by atoms with Crippen LogP contribution in [0, 0.1) is 0 Å². The molecule has 3 nitrogen and oxygen atoms in total. The molecule has 0 aliphatic carbocycles. The second kappa shape index (κ2) is 4.77. The summed E-state index contributed by atoms with van der Waals surface area (Å²) in [6.45, 7) is -0.232. The normalized spacial score (nSPS) is 11.0. The van der Waals surface area contributed by atoms with E-state index in [9.17, 15) is 8.78 Å². The summed E-state index contributed by atoms with van der Waals surface area (Å²) in [5.41, 5.74) is 5.75. The Balaban J connectivity index is 3.23. The van der Waals surface area contributed by atoms with Gasteiger partial charge in [-0.1, -0.05) is 0 Å². The summed E-state index contributed by atoms with van der Waals surface area (Å²) in [6.07, 6.45) is -2.67. The van der Waals surface area contributed by atoms with Crippen molar-refractivity contribution in [1.82, 2.24) is 4.98 Å². The number of hydrogen-bond acceptors (Lipinski definition) is 3. The second-order valence-corrected chi connectivity index (χ2v) is 3.48. The van der Waals surface area contributed by atoms with E-state index in [-0.39, 0.29) is 29.0 Å². The molecule has 14 heavy (non-hydrogen) atoms. The number of aromatic nitrogens is 1. The molecule has 0 aliphatic heterocycles. The van der Waals surface area contributed by atoms with E-state index in [1.54, 1.807) is 0 Å². The summed E-state index contributed by atoms with van der Waals surface area (Å²) in [5, 5.41) is 8.87. The molecular formula is C8H9BrF2N2O. The van der Waals surface area contributed by atoms with Crippen LogP contribution in [0.25, 0.3) is 0 Å². The smallest absolute Gasteiger partial charge is 0.281 e. The Kier molecular flexibility index (Phi) is 3.91. The number of rotatable bonds is 3. The van der Waals surface area contributed by atoms with Crippen molar-refractivity contribution in [3.63, 3.8) is 0 Å². The quantitative estimate of drug-likeness (QED) is 0.876. The molecule has 0 bridgehead atoms. The Bertz CT molecular complexity index is 333. The lowest BCUT2D eigenvalue weighted by molar-refractivity contribution is 0.144. The molecule has 0 spiro atoms. The third-order valence-corrected chi connectivity index (χ3v) is 2.38. The van der Waals surface area contributed by atoms with Gasteiger partial charge in [-0.15, -0.1) is 0 Å². The molecule has 0 radical (unpaired) electrons. The van der Waals surface area contributed by atoms with E-state index >= 15 is 0 Å². The molecule has 1 heterocycles. The van der Waals surface area contributed by atoms with Crippen LogP contribution in [-0.4, -0.2) is 10.1 Å². The van der Waals surface area contributed by atoms with Crippen LogP contribution in [0.3, 0.4) is 0 Å². The molecule has 0 fully saturated rings. The van der Waals surface area contributed by atoms with Gasteiger partial charge < -0.3 is 10.8 Å². The van der Waals surface area contributed by atoms with Gasteiger partial charge in [0.15, 0.2) is 0 Å². The van der Waals surface area contributed by atoms with Crippen LogP contribution in [-0.2, 0) is 13.2 Å². The number of hydrogen-bond donors (Lipinski definition) is 2. The van der Waals surface area contributed by atoms with Crippen LogP contribution in [0.4, 0.5) is 8.78 Å². The highest BCUT2D eigenvalue weighted by molar-refractivity contribution is 9.10. The standard InChI is InChI=1S/C8H9BrF2N2O/c9-5-1-4(2-12)6(3-14)13-7(5)8(10)11/h1,8,14H,2-3,12H2. The first kappa shape index (κ1) is 11.5. The third-order valence-electron chi connectivity index (χ3n) is 1.75. The van der Waals surface area contributed by atoms with Crippen LogP contribution in [0.15, 0.2) is 10.5 Å². The van der Waals surface area contributed by atoms with E-state index in [0.717, 1.165) is 0 Å². The zero-order valence-corrected chi connectivity index (χ0v) is 8.76. The average Bonchev–Trinajstić information content (AvgIpc) is 2.16. The minimum atomic E-state index is -2.67. The largest absolute Gasteiger partial charge is 0.390 e. The fourth-order valence-electron chi connectivity index (χ4n) is 1.05. The van der Waals surface area contributed by atoms with Crippen molar-refractivity contribution in [2.75, 3.05) is 0 Å². The molecule has 0 atom stereocenters. The Labute approximate surface area is 88.1 Å². The van der Waals surface area contributed by atoms with Crippen molar-refractivity contribution in [3.05, 3.63) is 27.5 Å². The fourth-order valence-corrected chi connectivity index (χ4v) is 1.59. The van der Waals surface area contributed by atoms with Gasteiger partial charge in [0.1, 0.15) is 5.69 Å². The summed E-state index contributed by atoms with van der Waals surface area (Å²) in [6, 6.07) is 1.46. The highest BCUT2D eigenvalue weighted by Gasteiger charge is 2.16. The van der Waals surface area contributed by atoms with Gasteiger partial charge in [-0.05, 0) is 27.6 Å². The van der Waals surface area contributed by atoms with Gasteiger partial charge in [0.25, 0.3) is 6.43 Å². The number of nitrogens with two attached hydrogens (primary N) is 1. The molecular weight excluding hydrogens is 258 g/mol. The summed E-state index contributed by atoms with van der Waals surface area (Å²) in [7, 11) is 0. The summed E-state index contributed by atoms with van der Waals surface area (Å²) in [4.78, 5) is 3.63. The predicted octanol–water partition coefficient (Wildman–Crippen LogP) is 1.73. The fraction of sp³-hybridized carbons (Fsp3) is 0.375. The van der Waals surface area contributed by atoms with Gasteiger partial charge in [-0.25, -0.2) is 13.8 Å². The molecule has 1 aromatic heterocycles. The Morgan fingerprint density at radius 3 is 2.64 bits per heavy atom. The van der Waals surface area contributed by atoms with Crippen molar-refractivity contribution in [1.29, 1.82) is 0 Å². The third kappa shape index (κ3) is 2.26. The van der Waals surface area contributed by atoms with Gasteiger partial charge in [0, 0.05) is 11.0 Å². The van der Waals surface area contributed by atoms with Gasteiger partial charge in [-0.2, -0.15) is 0 Å². The van der Waals surface area contributed by atoms with E-state index in [0.29, 0.717) is 5.56 Å². The topological polar surface area (TPSA) is 59.1 Å². The molecule has 0 saturated heterocycles. The molecule has 0 aliphatic rings. The monoisotopic (exact) mass is 266 g/mol. The van der Waals surface area contributed by atoms with Crippen LogP contribution in [0.1, 0.15) is 23.4 Å². The lowest BCUT2D eigenvalue weighted by Gasteiger charge is -2.09. The average molecular weight is 267 g/mol. The maximum Gasteiger partial charge on any atom is 0.281 e. The molecule has 0 saturated carbocycles. The Hall–Kier alpha value is -0.590. The van der Waals surface area contributed by atoms with E-state index in [1.807, 2.05) is 0 Å². The van der Waals surface area contributed by atoms with Gasteiger partial charge in [0.2, 0.25) is 0 Å². The molecule has 0 unspecified atom stereocenters. The number of nitrogens with zero attached hydrogens (tertiary/aromatic N) is 1. The number of halogens is 3. The van der Waals surface area contributed by atoms with E-state index in [2.05, 4.69) is 20.9 Å². The molecule has 3 N–H and O–H groups in total. The first-order valence-corrected chi connectivity index (χ1v) is 4.66. The summed E-state index contributed by atoms with van der Waals surface area (Å²) < 4.78 is 25.0. The van der Waals surface area contributed by atoms with Gasteiger partial charge >= 0.3 is 0 Å². The Morgan fingerprint density at radius 1 is 1.57 bits per heavy atom. The Morgan fingerprint density at radius 2 is 2.21 bits per heavy atom. The van der Waals surface area contributed by atoms with E-state index in [4.69, 9.17) is 10.8 Å². The predicted molar refractivity (Wildman–Crippen MR) is 50.7 cm³/mol. The minimum absolute atomic E-state index is 0.158. The van der Waals surface area contributed by atoms with Gasteiger partial charge in [0.05, 0.1) is 12.3 Å².